The Morgan fingerprint density at radius 2 is 2.12 bits per heavy atom. The monoisotopic (exact) mass is 239 g/mol. The van der Waals surface area contributed by atoms with Gasteiger partial charge in [0, 0.05) is 50.5 Å². The molecule has 98 valence electrons. The lowest BCUT2D eigenvalue weighted by molar-refractivity contribution is 0.113. The summed E-state index contributed by atoms with van der Waals surface area (Å²) in [7, 11) is 1.96. The van der Waals surface area contributed by atoms with Crippen molar-refractivity contribution < 1.29 is 5.11 Å². The molecule has 0 unspecified atom stereocenters. The molecule has 0 saturated heterocycles. The van der Waals surface area contributed by atoms with E-state index in [1.54, 1.807) is 0 Å². The van der Waals surface area contributed by atoms with E-state index >= 15 is 0 Å². The normalized spacial score (nSPS) is 12.0. The number of aryl methyl sites for hydroxylation is 1. The SMILES string of the molecule is CCC(CC)(CO)CNCCc1ccnn1C. The molecule has 0 radical (unpaired) electrons. The van der Waals surface area contributed by atoms with Gasteiger partial charge in [-0.15, -0.1) is 0 Å². The molecule has 1 aromatic heterocycles. The third-order valence-corrected chi connectivity index (χ3v) is 3.82. The van der Waals surface area contributed by atoms with E-state index in [0.29, 0.717) is 0 Å². The van der Waals surface area contributed by atoms with Crippen molar-refractivity contribution in [3.05, 3.63) is 18.0 Å². The Bertz CT molecular complexity index is 310. The van der Waals surface area contributed by atoms with E-state index in [2.05, 4.69) is 24.3 Å². The molecule has 0 bridgehead atoms. The van der Waals surface area contributed by atoms with Crippen molar-refractivity contribution in [1.82, 2.24) is 15.1 Å². The zero-order valence-electron chi connectivity index (χ0n) is 11.2. The van der Waals surface area contributed by atoms with Gasteiger partial charge < -0.3 is 10.4 Å². The number of hydrogen-bond acceptors (Lipinski definition) is 3. The molecule has 1 rings (SSSR count). The third-order valence-electron chi connectivity index (χ3n) is 3.82. The Morgan fingerprint density at radius 1 is 1.41 bits per heavy atom. The minimum atomic E-state index is 0.0481. The molecule has 0 amide bonds. The van der Waals surface area contributed by atoms with Crippen LogP contribution in [0.1, 0.15) is 32.4 Å². The molecule has 0 fully saturated rings. The van der Waals surface area contributed by atoms with Crippen LogP contribution in [0.5, 0.6) is 0 Å². The Kier molecular flexibility index (Phi) is 5.65. The van der Waals surface area contributed by atoms with Gasteiger partial charge in [-0.2, -0.15) is 5.10 Å². The van der Waals surface area contributed by atoms with Gasteiger partial charge in [0.2, 0.25) is 0 Å². The van der Waals surface area contributed by atoms with Crippen molar-refractivity contribution >= 4 is 0 Å². The second-order valence-electron chi connectivity index (χ2n) is 4.74. The predicted molar refractivity (Wildman–Crippen MR) is 69.9 cm³/mol. The van der Waals surface area contributed by atoms with Crippen molar-refractivity contribution in [2.24, 2.45) is 12.5 Å². The zero-order chi connectivity index (χ0) is 12.7. The summed E-state index contributed by atoms with van der Waals surface area (Å²) in [6, 6.07) is 2.04. The van der Waals surface area contributed by atoms with Gasteiger partial charge in [0.05, 0.1) is 0 Å². The summed E-state index contributed by atoms with van der Waals surface area (Å²) in [5.41, 5.74) is 1.28. The summed E-state index contributed by atoms with van der Waals surface area (Å²) >= 11 is 0. The molecule has 1 heterocycles. The van der Waals surface area contributed by atoms with E-state index < -0.39 is 0 Å². The van der Waals surface area contributed by atoms with Crippen LogP contribution in [0.15, 0.2) is 12.3 Å². The van der Waals surface area contributed by atoms with Crippen molar-refractivity contribution in [3.8, 4) is 0 Å². The maximum atomic E-state index is 9.45. The average Bonchev–Trinajstić information content (AvgIpc) is 2.76. The van der Waals surface area contributed by atoms with Gasteiger partial charge >= 0.3 is 0 Å². The second-order valence-corrected chi connectivity index (χ2v) is 4.74. The topological polar surface area (TPSA) is 50.1 Å². The Balaban J connectivity index is 2.30. The average molecular weight is 239 g/mol. The fraction of sp³-hybridized carbons (Fsp3) is 0.769. The highest BCUT2D eigenvalue weighted by molar-refractivity contribution is 5.00. The quantitative estimate of drug-likeness (QED) is 0.673. The minimum Gasteiger partial charge on any atom is -0.396 e. The van der Waals surface area contributed by atoms with E-state index in [-0.39, 0.29) is 12.0 Å². The molecule has 4 nitrogen and oxygen atoms in total. The van der Waals surface area contributed by atoms with Gasteiger partial charge in [0.25, 0.3) is 0 Å². The second kappa shape index (κ2) is 6.77. The standard InChI is InChI=1S/C13H25N3O/c1-4-13(5-2,11-17)10-14-8-6-12-7-9-15-16(12)3/h7,9,14,17H,4-6,8,10-11H2,1-3H3. The lowest BCUT2D eigenvalue weighted by Crippen LogP contribution is -2.37. The lowest BCUT2D eigenvalue weighted by Gasteiger charge is -2.29. The summed E-state index contributed by atoms with van der Waals surface area (Å²) in [5, 5.41) is 17.0. The van der Waals surface area contributed by atoms with Gasteiger partial charge in [-0.3, -0.25) is 4.68 Å². The summed E-state index contributed by atoms with van der Waals surface area (Å²) in [6.07, 6.45) is 4.83. The fourth-order valence-electron chi connectivity index (χ4n) is 2.00. The highest BCUT2D eigenvalue weighted by Gasteiger charge is 2.24. The summed E-state index contributed by atoms with van der Waals surface area (Å²) in [5.74, 6) is 0. The first-order valence-corrected chi connectivity index (χ1v) is 6.46. The molecule has 17 heavy (non-hydrogen) atoms. The van der Waals surface area contributed by atoms with Crippen LogP contribution in [0, 0.1) is 5.41 Å². The number of hydrogen-bond donors (Lipinski definition) is 2. The Labute approximate surface area is 104 Å². The molecule has 0 atom stereocenters. The molecule has 2 N–H and O–H groups in total. The number of aromatic nitrogens is 2. The lowest BCUT2D eigenvalue weighted by atomic mass is 9.83. The summed E-state index contributed by atoms with van der Waals surface area (Å²) in [4.78, 5) is 0. The van der Waals surface area contributed by atoms with Crippen LogP contribution >= 0.6 is 0 Å². The van der Waals surface area contributed by atoms with E-state index in [9.17, 15) is 5.11 Å². The van der Waals surface area contributed by atoms with Crippen LogP contribution in [0.3, 0.4) is 0 Å². The van der Waals surface area contributed by atoms with Crippen molar-refractivity contribution in [2.75, 3.05) is 19.7 Å². The zero-order valence-corrected chi connectivity index (χ0v) is 11.2. The molecule has 4 heteroatoms. The van der Waals surface area contributed by atoms with E-state index in [1.807, 2.05) is 24.0 Å². The summed E-state index contributed by atoms with van der Waals surface area (Å²) in [6.45, 7) is 6.36. The van der Waals surface area contributed by atoms with Gasteiger partial charge in [-0.25, -0.2) is 0 Å². The number of rotatable bonds is 8. The van der Waals surface area contributed by atoms with Gasteiger partial charge in [-0.05, 0) is 18.9 Å². The van der Waals surface area contributed by atoms with Crippen LogP contribution in [-0.4, -0.2) is 34.6 Å². The first-order chi connectivity index (χ1) is 8.17. The van der Waals surface area contributed by atoms with E-state index in [1.165, 1.54) is 5.69 Å². The summed E-state index contributed by atoms with van der Waals surface area (Å²) < 4.78 is 1.90. The first kappa shape index (κ1) is 14.2. The van der Waals surface area contributed by atoms with Crippen LogP contribution in [0.25, 0.3) is 0 Å². The van der Waals surface area contributed by atoms with Crippen molar-refractivity contribution in [2.45, 2.75) is 33.1 Å². The molecule has 0 aliphatic rings. The number of aliphatic hydroxyl groups is 1. The number of nitrogens with one attached hydrogen (secondary N) is 1. The Hall–Kier alpha value is -0.870. The molecule has 0 aliphatic carbocycles. The van der Waals surface area contributed by atoms with E-state index in [0.717, 1.165) is 32.4 Å². The van der Waals surface area contributed by atoms with Crippen molar-refractivity contribution in [3.63, 3.8) is 0 Å². The molecule has 1 aromatic rings. The highest BCUT2D eigenvalue weighted by Crippen LogP contribution is 2.24. The van der Waals surface area contributed by atoms with Crippen LogP contribution in [-0.2, 0) is 13.5 Å². The highest BCUT2D eigenvalue weighted by atomic mass is 16.3. The van der Waals surface area contributed by atoms with Gasteiger partial charge in [-0.1, -0.05) is 13.8 Å². The molecular weight excluding hydrogens is 214 g/mol. The molecule has 0 saturated carbocycles. The molecule has 0 aliphatic heterocycles. The van der Waals surface area contributed by atoms with Crippen LogP contribution < -0.4 is 5.32 Å². The maximum absolute atomic E-state index is 9.45. The molecule has 0 spiro atoms. The van der Waals surface area contributed by atoms with Crippen LogP contribution in [0.2, 0.25) is 0 Å². The fourth-order valence-corrected chi connectivity index (χ4v) is 2.00. The van der Waals surface area contributed by atoms with Gasteiger partial charge in [0.1, 0.15) is 0 Å². The van der Waals surface area contributed by atoms with Crippen molar-refractivity contribution in [1.29, 1.82) is 0 Å². The maximum Gasteiger partial charge on any atom is 0.0499 e. The number of nitrogens with zero attached hydrogens (tertiary/aromatic N) is 2. The smallest absolute Gasteiger partial charge is 0.0499 e. The molecular formula is C13H25N3O. The van der Waals surface area contributed by atoms with E-state index in [4.69, 9.17) is 0 Å². The molecule has 0 aromatic carbocycles. The third kappa shape index (κ3) is 3.82. The number of aliphatic hydroxyl groups excluding tert-OH is 1. The Morgan fingerprint density at radius 3 is 2.59 bits per heavy atom. The predicted octanol–water partition coefficient (Wildman–Crippen LogP) is 1.35. The van der Waals surface area contributed by atoms with Crippen LogP contribution in [0.4, 0.5) is 0 Å². The minimum absolute atomic E-state index is 0.0481. The largest absolute Gasteiger partial charge is 0.396 e. The first-order valence-electron chi connectivity index (χ1n) is 6.46. The van der Waals surface area contributed by atoms with Gasteiger partial charge in [0.15, 0.2) is 0 Å².